The molecule has 0 aliphatic carbocycles. The van der Waals surface area contributed by atoms with Crippen molar-refractivity contribution in [1.82, 2.24) is 0 Å². The summed E-state index contributed by atoms with van der Waals surface area (Å²) in [5.74, 6) is -0.404. The van der Waals surface area contributed by atoms with Crippen LogP contribution in [0.2, 0.25) is 0 Å². The molecule has 0 fully saturated rings. The van der Waals surface area contributed by atoms with Crippen LogP contribution in [0.3, 0.4) is 0 Å². The third-order valence-electron chi connectivity index (χ3n) is 13.7. The Labute approximate surface area is 448 Å². The van der Waals surface area contributed by atoms with Crippen molar-refractivity contribution in [2.75, 3.05) is 19.8 Å². The highest BCUT2D eigenvalue weighted by molar-refractivity contribution is 5.70. The first-order valence-electron chi connectivity index (χ1n) is 31.5. The number of hydrogen-bond acceptors (Lipinski definition) is 5. The highest BCUT2D eigenvalue weighted by atomic mass is 16.6. The van der Waals surface area contributed by atoms with E-state index in [1.54, 1.807) is 0 Å². The molecular formula is C67H120O5. The molecule has 0 aromatic carbocycles. The number of allylic oxidation sites excluding steroid dienone is 12. The van der Waals surface area contributed by atoms with E-state index in [-0.39, 0.29) is 25.2 Å². The van der Waals surface area contributed by atoms with Gasteiger partial charge in [0.25, 0.3) is 0 Å². The Morgan fingerprint density at radius 2 is 0.625 bits per heavy atom. The lowest BCUT2D eigenvalue weighted by atomic mass is 10.0. The lowest BCUT2D eigenvalue weighted by Gasteiger charge is -2.18. The SMILES string of the molecule is CC/C=C\C/C=C\C/C=C\C/C=C\CCCCCCCCC(=O)OCC(COCCCCCCCCCCCCCCCCCCCC)OC(=O)CCCCCCCCCCC/C=C\C/C=C\CCCCC. The molecule has 0 aromatic rings. The zero-order chi connectivity index (χ0) is 52.0. The summed E-state index contributed by atoms with van der Waals surface area (Å²) < 4.78 is 17.5. The predicted octanol–water partition coefficient (Wildman–Crippen LogP) is 21.8. The van der Waals surface area contributed by atoms with E-state index in [0.717, 1.165) is 83.5 Å². The molecule has 0 spiro atoms. The van der Waals surface area contributed by atoms with Crippen LogP contribution in [-0.2, 0) is 23.8 Å². The summed E-state index contributed by atoms with van der Waals surface area (Å²) in [5, 5.41) is 0. The molecule has 0 saturated heterocycles. The average Bonchev–Trinajstić information content (AvgIpc) is 3.38. The average molecular weight is 1010 g/mol. The van der Waals surface area contributed by atoms with E-state index in [2.05, 4.69) is 93.7 Å². The van der Waals surface area contributed by atoms with E-state index in [1.165, 1.54) is 199 Å². The van der Waals surface area contributed by atoms with Crippen LogP contribution >= 0.6 is 0 Å². The predicted molar refractivity (Wildman–Crippen MR) is 316 cm³/mol. The maximum atomic E-state index is 12.9. The van der Waals surface area contributed by atoms with E-state index < -0.39 is 6.10 Å². The molecule has 0 bridgehead atoms. The highest BCUT2D eigenvalue weighted by Crippen LogP contribution is 2.16. The molecule has 0 aromatic heterocycles. The first kappa shape index (κ1) is 69.3. The molecule has 0 saturated carbocycles. The molecule has 0 amide bonds. The van der Waals surface area contributed by atoms with Crippen molar-refractivity contribution < 1.29 is 23.8 Å². The molecule has 72 heavy (non-hydrogen) atoms. The second kappa shape index (κ2) is 62.6. The minimum atomic E-state index is -0.546. The van der Waals surface area contributed by atoms with Gasteiger partial charge in [0, 0.05) is 19.4 Å². The van der Waals surface area contributed by atoms with Gasteiger partial charge in [-0.2, -0.15) is 0 Å². The van der Waals surface area contributed by atoms with Crippen LogP contribution in [0.15, 0.2) is 72.9 Å². The molecule has 5 nitrogen and oxygen atoms in total. The van der Waals surface area contributed by atoms with Crippen molar-refractivity contribution in [3.63, 3.8) is 0 Å². The third kappa shape index (κ3) is 59.9. The Hall–Kier alpha value is -2.66. The van der Waals surface area contributed by atoms with Crippen molar-refractivity contribution in [2.45, 2.75) is 322 Å². The zero-order valence-electron chi connectivity index (χ0n) is 48.2. The molecule has 1 atom stereocenters. The van der Waals surface area contributed by atoms with Crippen molar-refractivity contribution in [3.05, 3.63) is 72.9 Å². The van der Waals surface area contributed by atoms with Crippen LogP contribution < -0.4 is 0 Å². The van der Waals surface area contributed by atoms with Crippen molar-refractivity contribution in [1.29, 1.82) is 0 Å². The van der Waals surface area contributed by atoms with Gasteiger partial charge >= 0.3 is 11.9 Å². The van der Waals surface area contributed by atoms with Crippen molar-refractivity contribution in [2.24, 2.45) is 0 Å². The molecule has 0 radical (unpaired) electrons. The number of rotatable bonds is 58. The van der Waals surface area contributed by atoms with Crippen LogP contribution in [-0.4, -0.2) is 37.9 Å². The zero-order valence-corrected chi connectivity index (χ0v) is 48.2. The first-order valence-corrected chi connectivity index (χ1v) is 31.5. The Kier molecular flexibility index (Phi) is 60.3. The molecule has 0 N–H and O–H groups in total. The van der Waals surface area contributed by atoms with E-state index >= 15 is 0 Å². The lowest BCUT2D eigenvalue weighted by Crippen LogP contribution is -2.30. The summed E-state index contributed by atoms with van der Waals surface area (Å²) in [4.78, 5) is 25.6. The Morgan fingerprint density at radius 3 is 1.03 bits per heavy atom. The number of ether oxygens (including phenoxy) is 3. The molecule has 0 heterocycles. The fourth-order valence-corrected chi connectivity index (χ4v) is 9.06. The number of unbranched alkanes of at least 4 members (excludes halogenated alkanes) is 35. The van der Waals surface area contributed by atoms with Gasteiger partial charge in [0.15, 0.2) is 6.10 Å². The lowest BCUT2D eigenvalue weighted by molar-refractivity contribution is -0.163. The van der Waals surface area contributed by atoms with Gasteiger partial charge in [-0.05, 0) is 89.9 Å². The first-order chi connectivity index (χ1) is 35.6. The second-order valence-corrected chi connectivity index (χ2v) is 20.9. The molecule has 1 unspecified atom stereocenters. The minimum absolute atomic E-state index is 0.0772. The van der Waals surface area contributed by atoms with Crippen LogP contribution in [0.25, 0.3) is 0 Å². The monoisotopic (exact) mass is 1000 g/mol. The summed E-state index contributed by atoms with van der Waals surface area (Å²) in [5.41, 5.74) is 0. The van der Waals surface area contributed by atoms with Gasteiger partial charge in [0.2, 0.25) is 0 Å². The Morgan fingerprint density at radius 1 is 0.319 bits per heavy atom. The fourth-order valence-electron chi connectivity index (χ4n) is 9.06. The second-order valence-electron chi connectivity index (χ2n) is 20.9. The van der Waals surface area contributed by atoms with Gasteiger partial charge in [0.1, 0.15) is 6.61 Å². The smallest absolute Gasteiger partial charge is 0.306 e. The molecule has 0 aliphatic rings. The maximum Gasteiger partial charge on any atom is 0.306 e. The van der Waals surface area contributed by atoms with E-state index in [9.17, 15) is 9.59 Å². The number of esters is 2. The minimum Gasteiger partial charge on any atom is -0.462 e. The highest BCUT2D eigenvalue weighted by Gasteiger charge is 2.17. The summed E-state index contributed by atoms with van der Waals surface area (Å²) in [6, 6.07) is 0. The van der Waals surface area contributed by atoms with Gasteiger partial charge in [-0.3, -0.25) is 9.59 Å². The topological polar surface area (TPSA) is 61.8 Å². The Balaban J connectivity index is 4.29. The number of hydrogen-bond donors (Lipinski definition) is 0. The summed E-state index contributed by atoms with van der Waals surface area (Å²) >= 11 is 0. The van der Waals surface area contributed by atoms with Gasteiger partial charge in [-0.1, -0.05) is 286 Å². The maximum absolute atomic E-state index is 12.9. The molecule has 0 aliphatic heterocycles. The number of carbonyl (C=O) groups is 2. The van der Waals surface area contributed by atoms with Crippen LogP contribution in [0, 0.1) is 0 Å². The number of carbonyl (C=O) groups excluding carboxylic acids is 2. The van der Waals surface area contributed by atoms with Crippen LogP contribution in [0.1, 0.15) is 316 Å². The van der Waals surface area contributed by atoms with Gasteiger partial charge in [-0.25, -0.2) is 0 Å². The van der Waals surface area contributed by atoms with Crippen LogP contribution in [0.4, 0.5) is 0 Å². The molecular weight excluding hydrogens is 885 g/mol. The largest absolute Gasteiger partial charge is 0.462 e. The van der Waals surface area contributed by atoms with Crippen molar-refractivity contribution in [3.8, 4) is 0 Å². The van der Waals surface area contributed by atoms with E-state index in [4.69, 9.17) is 14.2 Å². The molecule has 5 heteroatoms. The van der Waals surface area contributed by atoms with E-state index in [1.807, 2.05) is 0 Å². The third-order valence-corrected chi connectivity index (χ3v) is 13.7. The van der Waals surface area contributed by atoms with Crippen LogP contribution in [0.5, 0.6) is 0 Å². The summed E-state index contributed by atoms with van der Waals surface area (Å²) in [6.07, 6.45) is 82.2. The van der Waals surface area contributed by atoms with Gasteiger partial charge < -0.3 is 14.2 Å². The fraction of sp³-hybridized carbons (Fsp3) is 0.791. The molecule has 418 valence electrons. The summed E-state index contributed by atoms with van der Waals surface area (Å²) in [6.45, 7) is 7.73. The summed E-state index contributed by atoms with van der Waals surface area (Å²) in [7, 11) is 0. The normalized spacial score (nSPS) is 12.7. The molecule has 0 rings (SSSR count). The quantitative estimate of drug-likeness (QED) is 0.0345. The van der Waals surface area contributed by atoms with E-state index in [0.29, 0.717) is 19.4 Å². The Bertz CT molecular complexity index is 1270. The van der Waals surface area contributed by atoms with Crippen molar-refractivity contribution >= 4 is 11.9 Å². The van der Waals surface area contributed by atoms with Gasteiger partial charge in [0.05, 0.1) is 6.61 Å². The standard InChI is InChI=1S/C67H120O5/c1-4-7-10-13-16-19-22-25-28-31-34-36-39-42-45-48-51-54-57-60-66(68)71-64-65(63-70-62-59-56-53-50-47-44-41-38-33-30-27-24-21-18-15-12-9-6-3)72-67(69)61-58-55-52-49-46-43-40-37-35-32-29-26-23-20-17-14-11-8-5-2/h7,10,16-17,19-20,25-26,28-29,34,36,65H,4-6,8-9,11-15,18,21-24,27,30-33,35,37-64H2,1-3H3/b10-7-,19-16-,20-17-,28-25-,29-26-,36-34-. The van der Waals surface area contributed by atoms with Gasteiger partial charge in [-0.15, -0.1) is 0 Å².